The monoisotopic (exact) mass is 337 g/mol. The third kappa shape index (κ3) is 4.95. The average Bonchev–Trinajstić information content (AvgIpc) is 2.31. The Morgan fingerprint density at radius 3 is 2.79 bits per heavy atom. The number of aromatic nitrogens is 2. The highest BCUT2D eigenvalue weighted by Crippen LogP contribution is 2.19. The smallest absolute Gasteiger partial charge is 0.382 e. The molecule has 0 spiro atoms. The van der Waals surface area contributed by atoms with E-state index in [1.807, 2.05) is 0 Å². The first kappa shape index (κ1) is 15.6. The number of anilines is 1. The van der Waals surface area contributed by atoms with Crippen molar-refractivity contribution in [3.63, 3.8) is 0 Å². The van der Waals surface area contributed by atoms with E-state index in [4.69, 9.17) is 0 Å². The summed E-state index contributed by atoms with van der Waals surface area (Å²) in [7, 11) is 0. The van der Waals surface area contributed by atoms with Crippen LogP contribution in [0.15, 0.2) is 15.5 Å². The molecule has 0 saturated heterocycles. The van der Waals surface area contributed by atoms with E-state index in [0.717, 1.165) is 0 Å². The molecule has 0 aromatic carbocycles. The minimum Gasteiger partial charge on any atom is -0.382 e. The van der Waals surface area contributed by atoms with Gasteiger partial charge in [-0.1, -0.05) is 0 Å². The van der Waals surface area contributed by atoms with Crippen LogP contribution >= 0.6 is 15.9 Å². The van der Waals surface area contributed by atoms with Crippen LogP contribution in [0, 0.1) is 11.8 Å². The minimum atomic E-state index is -4.48. The lowest BCUT2D eigenvalue weighted by atomic mass is 10.4. The van der Waals surface area contributed by atoms with Crippen molar-refractivity contribution in [2.75, 3.05) is 11.9 Å². The van der Waals surface area contributed by atoms with E-state index in [1.54, 1.807) is 6.92 Å². The lowest BCUT2D eigenvalue weighted by molar-refractivity contribution is -0.143. The summed E-state index contributed by atoms with van der Waals surface area (Å²) in [4.78, 5) is 11.6. The standard InChI is InChI=1S/C11H11BrF3N3O/c1-2-3-4-5-16-8-6-17-18(7-11(13,14)15)10(19)9(8)12/h6,16H,4-5,7H2,1H3. The quantitative estimate of drug-likeness (QED) is 0.677. The highest BCUT2D eigenvalue weighted by molar-refractivity contribution is 9.10. The number of halogens is 4. The maximum absolute atomic E-state index is 12.2. The molecule has 1 N–H and O–H groups in total. The predicted molar refractivity (Wildman–Crippen MR) is 68.8 cm³/mol. The molecule has 19 heavy (non-hydrogen) atoms. The number of rotatable bonds is 4. The molecule has 0 aliphatic heterocycles. The second-order valence-corrected chi connectivity index (χ2v) is 4.35. The minimum absolute atomic E-state index is 0.0243. The van der Waals surface area contributed by atoms with Crippen LogP contribution in [0.25, 0.3) is 0 Å². The lowest BCUT2D eigenvalue weighted by Crippen LogP contribution is -2.31. The van der Waals surface area contributed by atoms with Crippen molar-refractivity contribution in [1.82, 2.24) is 9.78 Å². The Kier molecular flexibility index (Phi) is 5.42. The van der Waals surface area contributed by atoms with Crippen LogP contribution in [0.4, 0.5) is 18.9 Å². The Hall–Kier alpha value is -1.49. The van der Waals surface area contributed by atoms with Crippen molar-refractivity contribution in [3.8, 4) is 11.8 Å². The van der Waals surface area contributed by atoms with Crippen molar-refractivity contribution in [2.24, 2.45) is 0 Å². The number of alkyl halides is 3. The zero-order valence-corrected chi connectivity index (χ0v) is 11.6. The summed E-state index contributed by atoms with van der Waals surface area (Å²) in [6, 6.07) is 0. The molecule has 4 nitrogen and oxygen atoms in total. The van der Waals surface area contributed by atoms with Gasteiger partial charge in [0.15, 0.2) is 0 Å². The molecule has 8 heteroatoms. The van der Waals surface area contributed by atoms with Gasteiger partial charge in [0.1, 0.15) is 11.0 Å². The van der Waals surface area contributed by atoms with Crippen molar-refractivity contribution < 1.29 is 13.2 Å². The molecule has 0 fully saturated rings. The Morgan fingerprint density at radius 1 is 1.53 bits per heavy atom. The summed E-state index contributed by atoms with van der Waals surface area (Å²) in [5.41, 5.74) is -0.481. The van der Waals surface area contributed by atoms with E-state index < -0.39 is 18.3 Å². The number of hydrogen-bond acceptors (Lipinski definition) is 3. The van der Waals surface area contributed by atoms with Crippen LogP contribution in [-0.4, -0.2) is 22.5 Å². The zero-order valence-electron chi connectivity index (χ0n) is 10.0. The summed E-state index contributed by atoms with van der Waals surface area (Å²) in [6.07, 6.45) is -2.74. The van der Waals surface area contributed by atoms with Gasteiger partial charge in [0, 0.05) is 13.0 Å². The van der Waals surface area contributed by atoms with E-state index in [1.165, 1.54) is 6.20 Å². The maximum Gasteiger partial charge on any atom is 0.408 e. The molecular weight excluding hydrogens is 327 g/mol. The Bertz CT molecular complexity index is 557. The Labute approximate surface area is 116 Å². The SMILES string of the molecule is CC#CCCNc1cnn(CC(F)(F)F)c(=O)c1Br. The van der Waals surface area contributed by atoms with Gasteiger partial charge in [-0.2, -0.15) is 18.3 Å². The molecule has 0 amide bonds. The highest BCUT2D eigenvalue weighted by atomic mass is 79.9. The topological polar surface area (TPSA) is 46.9 Å². The fraction of sp³-hybridized carbons (Fsp3) is 0.455. The van der Waals surface area contributed by atoms with Gasteiger partial charge in [-0.25, -0.2) is 4.68 Å². The van der Waals surface area contributed by atoms with Crippen molar-refractivity contribution in [3.05, 3.63) is 21.0 Å². The van der Waals surface area contributed by atoms with Crippen molar-refractivity contribution >= 4 is 21.6 Å². The van der Waals surface area contributed by atoms with Crippen LogP contribution in [0.5, 0.6) is 0 Å². The normalized spacial score (nSPS) is 10.8. The second kappa shape index (κ2) is 6.61. The van der Waals surface area contributed by atoms with E-state index in [9.17, 15) is 18.0 Å². The predicted octanol–water partition coefficient (Wildman–Crippen LogP) is 2.39. The molecule has 0 aliphatic carbocycles. The third-order valence-electron chi connectivity index (χ3n) is 2.06. The zero-order chi connectivity index (χ0) is 14.5. The third-order valence-corrected chi connectivity index (χ3v) is 2.82. The van der Waals surface area contributed by atoms with Crippen molar-refractivity contribution in [1.29, 1.82) is 0 Å². The molecule has 0 aliphatic rings. The van der Waals surface area contributed by atoms with Crippen LogP contribution in [0.1, 0.15) is 13.3 Å². The molecule has 1 aromatic heterocycles. The lowest BCUT2D eigenvalue weighted by Gasteiger charge is -2.11. The Balaban J connectivity index is 2.85. The van der Waals surface area contributed by atoms with E-state index in [-0.39, 0.29) is 4.47 Å². The van der Waals surface area contributed by atoms with Crippen LogP contribution in [-0.2, 0) is 6.54 Å². The molecule has 0 saturated carbocycles. The molecule has 0 radical (unpaired) electrons. The van der Waals surface area contributed by atoms with Gasteiger partial charge >= 0.3 is 6.18 Å². The summed E-state index contributed by atoms with van der Waals surface area (Å²) in [5.74, 6) is 5.52. The first-order valence-electron chi connectivity index (χ1n) is 5.31. The van der Waals surface area contributed by atoms with Gasteiger partial charge in [-0.15, -0.1) is 11.8 Å². The maximum atomic E-state index is 12.2. The van der Waals surface area contributed by atoms with Gasteiger partial charge in [-0.05, 0) is 22.9 Å². The van der Waals surface area contributed by atoms with Gasteiger partial charge in [-0.3, -0.25) is 4.79 Å². The van der Waals surface area contributed by atoms with E-state index in [0.29, 0.717) is 23.3 Å². The Morgan fingerprint density at radius 2 is 2.21 bits per heavy atom. The second-order valence-electron chi connectivity index (χ2n) is 3.55. The van der Waals surface area contributed by atoms with Crippen LogP contribution in [0.3, 0.4) is 0 Å². The molecule has 0 atom stereocenters. The van der Waals surface area contributed by atoms with Crippen LogP contribution in [0.2, 0.25) is 0 Å². The molecule has 0 unspecified atom stereocenters. The summed E-state index contributed by atoms with van der Waals surface area (Å²) < 4.78 is 37.0. The largest absolute Gasteiger partial charge is 0.408 e. The fourth-order valence-corrected chi connectivity index (χ4v) is 1.70. The number of nitrogens with one attached hydrogen (secondary N) is 1. The van der Waals surface area contributed by atoms with E-state index >= 15 is 0 Å². The van der Waals surface area contributed by atoms with Gasteiger partial charge < -0.3 is 5.32 Å². The van der Waals surface area contributed by atoms with E-state index in [2.05, 4.69) is 38.2 Å². The fourth-order valence-electron chi connectivity index (χ4n) is 1.26. The first-order valence-corrected chi connectivity index (χ1v) is 6.10. The summed E-state index contributed by atoms with van der Waals surface area (Å²) >= 11 is 2.97. The molecule has 0 bridgehead atoms. The number of nitrogens with zero attached hydrogens (tertiary/aromatic N) is 2. The van der Waals surface area contributed by atoms with Gasteiger partial charge in [0.25, 0.3) is 5.56 Å². The summed E-state index contributed by atoms with van der Waals surface area (Å²) in [5, 5.41) is 6.35. The summed E-state index contributed by atoms with van der Waals surface area (Å²) in [6.45, 7) is 0.770. The highest BCUT2D eigenvalue weighted by Gasteiger charge is 2.29. The average molecular weight is 338 g/mol. The van der Waals surface area contributed by atoms with Gasteiger partial charge in [0.2, 0.25) is 0 Å². The molecule has 1 heterocycles. The number of hydrogen-bond donors (Lipinski definition) is 1. The van der Waals surface area contributed by atoms with Crippen molar-refractivity contribution in [2.45, 2.75) is 26.1 Å². The molecule has 104 valence electrons. The molecular formula is C11H11BrF3N3O. The van der Waals surface area contributed by atoms with Gasteiger partial charge in [0.05, 0.1) is 11.9 Å². The van der Waals surface area contributed by atoms with Crippen LogP contribution < -0.4 is 10.9 Å². The first-order chi connectivity index (χ1) is 8.85. The molecule has 1 rings (SSSR count). The molecule has 1 aromatic rings.